The third-order valence-electron chi connectivity index (χ3n) is 4.48. The minimum atomic E-state index is 0.0390. The average molecular weight is 357 g/mol. The quantitative estimate of drug-likeness (QED) is 0.716. The number of carbonyl (C=O) groups excluding carboxylic acids is 1. The lowest BCUT2D eigenvalue weighted by atomic mass is 9.97. The molecule has 1 amide bonds. The average Bonchev–Trinajstić information content (AvgIpc) is 3.23. The first kappa shape index (κ1) is 16.0. The Kier molecular flexibility index (Phi) is 4.35. The summed E-state index contributed by atoms with van der Waals surface area (Å²) < 4.78 is 7.31. The van der Waals surface area contributed by atoms with Crippen LogP contribution in [0.2, 0.25) is 0 Å². The van der Waals surface area contributed by atoms with E-state index in [-0.39, 0.29) is 12.5 Å². The molecule has 0 saturated carbocycles. The van der Waals surface area contributed by atoms with Crippen molar-refractivity contribution in [3.8, 4) is 5.75 Å². The molecule has 0 unspecified atom stereocenters. The highest BCUT2D eigenvalue weighted by Gasteiger charge is 2.26. The Morgan fingerprint density at radius 3 is 2.76 bits per heavy atom. The summed E-state index contributed by atoms with van der Waals surface area (Å²) in [6, 6.07) is 7.74. The van der Waals surface area contributed by atoms with E-state index in [9.17, 15) is 4.79 Å². The molecular formula is C17H19N5O2S. The highest BCUT2D eigenvalue weighted by Crippen LogP contribution is 2.30. The highest BCUT2D eigenvalue weighted by atomic mass is 32.1. The number of ether oxygens (including phenoxy) is 1. The van der Waals surface area contributed by atoms with E-state index in [0.717, 1.165) is 41.6 Å². The fraction of sp³-hybridized carbons (Fsp3) is 0.412. The molecule has 25 heavy (non-hydrogen) atoms. The number of aryl methyl sites for hydroxylation is 1. The van der Waals surface area contributed by atoms with Crippen molar-refractivity contribution in [3.05, 3.63) is 41.2 Å². The summed E-state index contributed by atoms with van der Waals surface area (Å²) in [7, 11) is 0. The number of aromatic nitrogens is 4. The van der Waals surface area contributed by atoms with Gasteiger partial charge in [-0.2, -0.15) is 9.61 Å². The van der Waals surface area contributed by atoms with E-state index in [2.05, 4.69) is 15.3 Å². The number of benzene rings is 1. The van der Waals surface area contributed by atoms with Crippen LogP contribution in [0.5, 0.6) is 5.75 Å². The first-order chi connectivity index (χ1) is 12.2. The molecule has 130 valence electrons. The molecular weight excluding hydrogens is 338 g/mol. The summed E-state index contributed by atoms with van der Waals surface area (Å²) in [5.41, 5.74) is 1.17. The number of nitrogens with zero attached hydrogens (tertiary/aromatic N) is 5. The van der Waals surface area contributed by atoms with Crippen molar-refractivity contribution in [1.29, 1.82) is 0 Å². The van der Waals surface area contributed by atoms with Crippen LogP contribution in [-0.2, 0) is 4.79 Å². The molecule has 0 atom stereocenters. The van der Waals surface area contributed by atoms with Gasteiger partial charge in [0, 0.05) is 19.0 Å². The number of likely N-dealkylation sites (tertiary alicyclic amines) is 1. The van der Waals surface area contributed by atoms with E-state index in [1.807, 2.05) is 36.1 Å². The molecule has 0 radical (unpaired) electrons. The lowest BCUT2D eigenvalue weighted by Gasteiger charge is -2.30. The van der Waals surface area contributed by atoms with Crippen LogP contribution in [0, 0.1) is 6.92 Å². The van der Waals surface area contributed by atoms with Crippen LogP contribution in [0.4, 0.5) is 0 Å². The van der Waals surface area contributed by atoms with E-state index in [1.54, 1.807) is 22.2 Å². The number of amides is 1. The normalized spacial score (nSPS) is 15.6. The van der Waals surface area contributed by atoms with Crippen molar-refractivity contribution in [2.75, 3.05) is 19.7 Å². The Hall–Kier alpha value is -2.48. The third kappa shape index (κ3) is 3.48. The Morgan fingerprint density at radius 1 is 1.28 bits per heavy atom. The molecule has 7 nitrogen and oxygen atoms in total. The van der Waals surface area contributed by atoms with Gasteiger partial charge in [0.2, 0.25) is 4.96 Å². The molecule has 0 spiro atoms. The second kappa shape index (κ2) is 6.79. The molecule has 2 aromatic heterocycles. The maximum atomic E-state index is 12.3. The van der Waals surface area contributed by atoms with Crippen molar-refractivity contribution in [3.63, 3.8) is 0 Å². The fourth-order valence-corrected chi connectivity index (χ4v) is 3.97. The van der Waals surface area contributed by atoms with Gasteiger partial charge in [0.05, 0.1) is 0 Å². The van der Waals surface area contributed by atoms with Crippen LogP contribution in [0.3, 0.4) is 0 Å². The third-order valence-corrected chi connectivity index (χ3v) is 5.56. The van der Waals surface area contributed by atoms with E-state index in [0.29, 0.717) is 5.92 Å². The van der Waals surface area contributed by atoms with E-state index in [4.69, 9.17) is 4.74 Å². The highest BCUT2D eigenvalue weighted by molar-refractivity contribution is 7.16. The van der Waals surface area contributed by atoms with Gasteiger partial charge in [-0.25, -0.2) is 0 Å². The summed E-state index contributed by atoms with van der Waals surface area (Å²) in [5, 5.41) is 13.5. The number of hydrogen-bond donors (Lipinski definition) is 0. The Morgan fingerprint density at radius 2 is 2.04 bits per heavy atom. The smallest absolute Gasteiger partial charge is 0.260 e. The van der Waals surface area contributed by atoms with E-state index < -0.39 is 0 Å². The predicted octanol–water partition coefficient (Wildman–Crippen LogP) is 2.28. The minimum Gasteiger partial charge on any atom is -0.484 e. The summed E-state index contributed by atoms with van der Waals surface area (Å²) in [6.07, 6.45) is 3.46. The monoisotopic (exact) mass is 357 g/mol. The molecule has 1 aliphatic heterocycles. The molecule has 4 rings (SSSR count). The second-order valence-electron chi connectivity index (χ2n) is 6.26. The predicted molar refractivity (Wildman–Crippen MR) is 93.9 cm³/mol. The second-order valence-corrected chi connectivity index (χ2v) is 7.24. The summed E-state index contributed by atoms with van der Waals surface area (Å²) in [6.45, 7) is 3.59. The minimum absolute atomic E-state index is 0.0390. The maximum absolute atomic E-state index is 12.3. The van der Waals surface area contributed by atoms with Crippen LogP contribution < -0.4 is 4.74 Å². The molecule has 0 aliphatic carbocycles. The fourth-order valence-electron chi connectivity index (χ4n) is 2.99. The lowest BCUT2D eigenvalue weighted by molar-refractivity contribution is -0.134. The van der Waals surface area contributed by atoms with E-state index in [1.165, 1.54) is 5.56 Å². The van der Waals surface area contributed by atoms with Gasteiger partial charge in [-0.1, -0.05) is 29.0 Å². The molecule has 1 saturated heterocycles. The van der Waals surface area contributed by atoms with Gasteiger partial charge >= 0.3 is 0 Å². The van der Waals surface area contributed by atoms with Crippen LogP contribution in [0.15, 0.2) is 30.6 Å². The van der Waals surface area contributed by atoms with Crippen molar-refractivity contribution >= 4 is 22.2 Å². The Bertz CT molecular complexity index is 836. The van der Waals surface area contributed by atoms with Gasteiger partial charge in [0.15, 0.2) is 6.61 Å². The lowest BCUT2D eigenvalue weighted by Crippen LogP contribution is -2.40. The maximum Gasteiger partial charge on any atom is 0.260 e. The largest absolute Gasteiger partial charge is 0.484 e. The number of piperidine rings is 1. The van der Waals surface area contributed by atoms with Crippen molar-refractivity contribution in [2.24, 2.45) is 0 Å². The van der Waals surface area contributed by atoms with Crippen LogP contribution >= 0.6 is 11.3 Å². The van der Waals surface area contributed by atoms with Gasteiger partial charge in [-0.3, -0.25) is 4.79 Å². The number of hydrogen-bond acceptors (Lipinski definition) is 6. The SMILES string of the molecule is Cc1ccc(OCC(=O)N2CCC(c3nn4cnnc4s3)CC2)cc1. The molecule has 1 fully saturated rings. The zero-order valence-electron chi connectivity index (χ0n) is 14.0. The van der Waals surface area contributed by atoms with Crippen LogP contribution in [-0.4, -0.2) is 50.3 Å². The van der Waals surface area contributed by atoms with Gasteiger partial charge in [-0.15, -0.1) is 10.2 Å². The molecule has 3 aromatic rings. The van der Waals surface area contributed by atoms with Crippen molar-refractivity contribution < 1.29 is 9.53 Å². The molecule has 0 N–H and O–H groups in total. The van der Waals surface area contributed by atoms with Crippen LogP contribution in [0.25, 0.3) is 4.96 Å². The molecule has 0 bridgehead atoms. The van der Waals surface area contributed by atoms with Crippen LogP contribution in [0.1, 0.15) is 29.3 Å². The van der Waals surface area contributed by atoms with Crippen molar-refractivity contribution in [1.82, 2.24) is 24.7 Å². The summed E-state index contributed by atoms with van der Waals surface area (Å²) >= 11 is 1.58. The number of carbonyl (C=O) groups is 1. The topological polar surface area (TPSA) is 72.6 Å². The Labute approximate surface area is 149 Å². The zero-order valence-corrected chi connectivity index (χ0v) is 14.8. The molecule has 1 aromatic carbocycles. The first-order valence-electron chi connectivity index (χ1n) is 8.33. The summed E-state index contributed by atoms with van der Waals surface area (Å²) in [4.78, 5) is 15.0. The van der Waals surface area contributed by atoms with Gasteiger partial charge in [-0.05, 0) is 31.9 Å². The molecule has 8 heteroatoms. The Balaban J connectivity index is 1.29. The first-order valence-corrected chi connectivity index (χ1v) is 9.15. The number of rotatable bonds is 4. The van der Waals surface area contributed by atoms with Gasteiger partial charge < -0.3 is 9.64 Å². The van der Waals surface area contributed by atoms with Gasteiger partial charge in [0.25, 0.3) is 5.91 Å². The number of fused-ring (bicyclic) bond motifs is 1. The standard InChI is InChI=1S/C17H19N5O2S/c1-12-2-4-14(5-3-12)24-10-15(23)21-8-6-13(7-9-21)16-20-22-11-18-19-17(22)25-16/h2-5,11,13H,6-10H2,1H3. The van der Waals surface area contributed by atoms with Gasteiger partial charge in [0.1, 0.15) is 17.1 Å². The summed E-state index contributed by atoms with van der Waals surface area (Å²) in [5.74, 6) is 1.15. The molecule has 1 aliphatic rings. The van der Waals surface area contributed by atoms with Crippen molar-refractivity contribution in [2.45, 2.75) is 25.7 Å². The molecule has 3 heterocycles. The van der Waals surface area contributed by atoms with E-state index >= 15 is 0 Å². The zero-order chi connectivity index (χ0) is 17.2.